The average molecular weight is 444 g/mol. The van der Waals surface area contributed by atoms with Crippen molar-refractivity contribution in [2.24, 2.45) is 11.3 Å². The number of carbonyl (C=O) groups is 1. The van der Waals surface area contributed by atoms with E-state index >= 15 is 0 Å². The zero-order chi connectivity index (χ0) is 21.0. The van der Waals surface area contributed by atoms with E-state index in [0.29, 0.717) is 35.6 Å². The Labute approximate surface area is 172 Å². The molecule has 0 bridgehead atoms. The number of carbonyl (C=O) groups excluding carboxylic acids is 1. The van der Waals surface area contributed by atoms with Crippen molar-refractivity contribution in [2.45, 2.75) is 13.0 Å². The molecule has 4 rings (SSSR count). The van der Waals surface area contributed by atoms with Crippen molar-refractivity contribution in [3.05, 3.63) is 33.8 Å². The maximum Gasteiger partial charge on any atom is 0.420 e. The largest absolute Gasteiger partial charge is 0.420 e. The number of benzene rings is 1. The number of sulfonamides is 1. The summed E-state index contributed by atoms with van der Waals surface area (Å²) in [4.78, 5) is 26.7. The van der Waals surface area contributed by atoms with E-state index in [1.807, 2.05) is 0 Å². The van der Waals surface area contributed by atoms with Gasteiger partial charge in [0.15, 0.2) is 5.58 Å². The van der Waals surface area contributed by atoms with E-state index in [9.17, 15) is 23.1 Å². The highest BCUT2D eigenvalue weighted by Gasteiger charge is 2.52. The zero-order valence-corrected chi connectivity index (χ0v) is 17.4. The van der Waals surface area contributed by atoms with Crippen molar-refractivity contribution in [3.63, 3.8) is 0 Å². The second-order valence-corrected chi connectivity index (χ2v) is 10.4. The number of rotatable bonds is 4. The number of oxazole rings is 1. The molecular formula is C18H22ClN3O6S. The molecule has 1 aromatic heterocycles. The minimum atomic E-state index is -3.37. The molecule has 2 aromatic rings. The van der Waals surface area contributed by atoms with Gasteiger partial charge in [-0.25, -0.2) is 17.5 Å². The van der Waals surface area contributed by atoms with E-state index in [2.05, 4.69) is 0 Å². The molecule has 2 atom stereocenters. The van der Waals surface area contributed by atoms with Crippen molar-refractivity contribution in [1.29, 1.82) is 0 Å². The molecule has 2 saturated heterocycles. The summed E-state index contributed by atoms with van der Waals surface area (Å²) in [6.45, 7) is 0.822. The van der Waals surface area contributed by atoms with Gasteiger partial charge in [0, 0.05) is 42.7 Å². The summed E-state index contributed by atoms with van der Waals surface area (Å²) < 4.78 is 31.7. The summed E-state index contributed by atoms with van der Waals surface area (Å²) in [6, 6.07) is 4.76. The number of aromatic nitrogens is 1. The molecule has 1 aromatic carbocycles. The van der Waals surface area contributed by atoms with Crippen LogP contribution >= 0.6 is 11.6 Å². The Morgan fingerprint density at radius 2 is 2.14 bits per heavy atom. The van der Waals surface area contributed by atoms with Crippen LogP contribution in [0.2, 0.25) is 5.02 Å². The predicted octanol–water partition coefficient (Wildman–Crippen LogP) is 0.350. The number of likely N-dealkylation sites (tertiary alicyclic amines) is 1. The molecule has 2 aliphatic heterocycles. The van der Waals surface area contributed by atoms with Gasteiger partial charge >= 0.3 is 5.76 Å². The lowest BCUT2D eigenvalue weighted by molar-refractivity contribution is -0.137. The lowest BCUT2D eigenvalue weighted by Crippen LogP contribution is -2.53. The molecule has 2 aliphatic rings. The number of amides is 1. The summed E-state index contributed by atoms with van der Waals surface area (Å²) in [7, 11) is -3.37. The topological polar surface area (TPSA) is 113 Å². The lowest BCUT2D eigenvalue weighted by atomic mass is 9.74. The molecule has 0 spiro atoms. The van der Waals surface area contributed by atoms with Crippen LogP contribution in [-0.2, 0) is 21.4 Å². The molecule has 1 N–H and O–H groups in total. The number of fused-ring (bicyclic) bond motifs is 2. The lowest BCUT2D eigenvalue weighted by Gasteiger charge is -2.43. The first-order chi connectivity index (χ1) is 13.6. The highest BCUT2D eigenvalue weighted by Crippen LogP contribution is 2.42. The third kappa shape index (κ3) is 3.58. The second kappa shape index (κ2) is 7.12. The maximum absolute atomic E-state index is 12.9. The zero-order valence-electron chi connectivity index (χ0n) is 15.9. The molecule has 0 aliphatic carbocycles. The summed E-state index contributed by atoms with van der Waals surface area (Å²) >= 11 is 5.92. The number of piperidine rings is 1. The molecule has 3 heterocycles. The molecular weight excluding hydrogens is 422 g/mol. The molecule has 11 heteroatoms. The van der Waals surface area contributed by atoms with E-state index in [4.69, 9.17) is 16.0 Å². The van der Waals surface area contributed by atoms with Gasteiger partial charge in [0.05, 0.1) is 18.4 Å². The summed E-state index contributed by atoms with van der Waals surface area (Å²) in [6.07, 6.45) is 1.75. The first-order valence-electron chi connectivity index (χ1n) is 9.26. The molecule has 1 amide bonds. The van der Waals surface area contributed by atoms with Gasteiger partial charge in [-0.15, -0.1) is 0 Å². The van der Waals surface area contributed by atoms with E-state index in [-0.39, 0.29) is 38.1 Å². The smallest absolute Gasteiger partial charge is 0.408 e. The Morgan fingerprint density at radius 3 is 2.83 bits per heavy atom. The quantitative estimate of drug-likeness (QED) is 0.729. The first kappa shape index (κ1) is 20.4. The van der Waals surface area contributed by atoms with Crippen molar-refractivity contribution < 1.29 is 22.7 Å². The fraction of sp³-hybridized carbons (Fsp3) is 0.556. The molecule has 9 nitrogen and oxygen atoms in total. The van der Waals surface area contributed by atoms with Crippen LogP contribution < -0.4 is 5.76 Å². The van der Waals surface area contributed by atoms with Gasteiger partial charge < -0.3 is 14.4 Å². The van der Waals surface area contributed by atoms with E-state index in [1.54, 1.807) is 17.0 Å². The third-order valence-corrected chi connectivity index (χ3v) is 7.55. The van der Waals surface area contributed by atoms with Gasteiger partial charge in [-0.3, -0.25) is 9.36 Å². The van der Waals surface area contributed by atoms with Crippen LogP contribution in [0.3, 0.4) is 0 Å². The summed E-state index contributed by atoms with van der Waals surface area (Å²) in [5.74, 6) is -0.939. The number of aliphatic hydroxyl groups excluding tert-OH is 1. The van der Waals surface area contributed by atoms with Crippen LogP contribution in [0.4, 0.5) is 0 Å². The van der Waals surface area contributed by atoms with Crippen molar-refractivity contribution >= 4 is 38.6 Å². The van der Waals surface area contributed by atoms with Crippen LogP contribution in [0.1, 0.15) is 6.42 Å². The number of halogens is 1. The standard InChI is InChI=1S/C18H22ClN3O6S/c1-29(26,27)21-7-12-4-5-20(9-18(12,10-21)11-23)16(24)8-22-14-3-2-13(19)6-15(14)28-17(22)25/h2-3,6,12,23H,4-5,7-11H2,1H3/t12-,18+/m0/s1. The van der Waals surface area contributed by atoms with Crippen LogP contribution in [-0.4, -0.2) is 72.2 Å². The Bertz CT molecular complexity index is 1130. The van der Waals surface area contributed by atoms with Crippen molar-refractivity contribution in [3.8, 4) is 0 Å². The Kier molecular flexibility index (Phi) is 5.01. The fourth-order valence-corrected chi connectivity index (χ4v) is 5.56. The molecule has 29 heavy (non-hydrogen) atoms. The van der Waals surface area contributed by atoms with E-state index in [1.165, 1.54) is 14.9 Å². The van der Waals surface area contributed by atoms with Crippen LogP contribution in [0, 0.1) is 11.3 Å². The number of aliphatic hydroxyl groups is 1. The number of hydrogen-bond donors (Lipinski definition) is 1. The minimum Gasteiger partial charge on any atom is -0.408 e. The SMILES string of the molecule is CS(=O)(=O)N1C[C@@H]2CCN(C(=O)Cn3c(=O)oc4cc(Cl)ccc43)C[C@]2(CO)C1. The Hall–Kier alpha value is -1.88. The first-order valence-corrected chi connectivity index (χ1v) is 11.5. The highest BCUT2D eigenvalue weighted by atomic mass is 35.5. The summed E-state index contributed by atoms with van der Waals surface area (Å²) in [5, 5.41) is 10.5. The van der Waals surface area contributed by atoms with Crippen LogP contribution in [0.15, 0.2) is 27.4 Å². The number of hydrogen-bond acceptors (Lipinski definition) is 6. The van der Waals surface area contributed by atoms with Gasteiger partial charge in [-0.05, 0) is 24.5 Å². The third-order valence-electron chi connectivity index (χ3n) is 6.09. The molecule has 0 radical (unpaired) electrons. The van der Waals surface area contributed by atoms with E-state index in [0.717, 1.165) is 6.26 Å². The summed E-state index contributed by atoms with van der Waals surface area (Å²) in [5.41, 5.74) is 0.0950. The van der Waals surface area contributed by atoms with Gasteiger partial charge in [0.25, 0.3) is 0 Å². The molecule has 0 saturated carbocycles. The monoisotopic (exact) mass is 443 g/mol. The normalized spacial score (nSPS) is 25.5. The van der Waals surface area contributed by atoms with Gasteiger partial charge in [-0.1, -0.05) is 11.6 Å². The fourth-order valence-electron chi connectivity index (χ4n) is 4.45. The average Bonchev–Trinajstić information content (AvgIpc) is 3.19. The molecule has 2 fully saturated rings. The second-order valence-electron chi connectivity index (χ2n) is 7.94. The van der Waals surface area contributed by atoms with Gasteiger partial charge in [0.1, 0.15) is 6.54 Å². The molecule has 0 unspecified atom stereocenters. The van der Waals surface area contributed by atoms with Gasteiger partial charge in [0.2, 0.25) is 15.9 Å². The van der Waals surface area contributed by atoms with Gasteiger partial charge in [-0.2, -0.15) is 0 Å². The Morgan fingerprint density at radius 1 is 1.38 bits per heavy atom. The number of nitrogens with zero attached hydrogens (tertiary/aromatic N) is 3. The predicted molar refractivity (Wildman–Crippen MR) is 106 cm³/mol. The maximum atomic E-state index is 12.9. The molecule has 158 valence electrons. The van der Waals surface area contributed by atoms with Crippen LogP contribution in [0.25, 0.3) is 11.1 Å². The van der Waals surface area contributed by atoms with Crippen molar-refractivity contribution in [1.82, 2.24) is 13.8 Å². The van der Waals surface area contributed by atoms with Crippen LogP contribution in [0.5, 0.6) is 0 Å². The minimum absolute atomic E-state index is 0.00843. The highest BCUT2D eigenvalue weighted by molar-refractivity contribution is 7.88. The Balaban J connectivity index is 1.55. The van der Waals surface area contributed by atoms with E-state index < -0.39 is 21.2 Å². The van der Waals surface area contributed by atoms with Crippen molar-refractivity contribution in [2.75, 3.05) is 39.0 Å².